The molecule has 206 valence electrons. The molecule has 4 rings (SSSR count). The number of methoxy groups -OCH3 is 1. The van der Waals surface area contributed by atoms with Gasteiger partial charge in [0.15, 0.2) is 0 Å². The Bertz CT molecular complexity index is 1360. The first-order chi connectivity index (χ1) is 18.8. The highest BCUT2D eigenvalue weighted by Gasteiger charge is 2.30. The van der Waals surface area contributed by atoms with Gasteiger partial charge in [0.2, 0.25) is 21.8 Å². The third-order valence-electron chi connectivity index (χ3n) is 6.79. The normalized spacial score (nSPS) is 13.9. The molecule has 9 heteroatoms. The van der Waals surface area contributed by atoms with Gasteiger partial charge in [-0.2, -0.15) is 0 Å². The molecule has 0 spiro atoms. The molecule has 0 bridgehead atoms. The number of carbonyl (C=O) groups is 2. The van der Waals surface area contributed by atoms with Gasteiger partial charge in [-0.25, -0.2) is 13.1 Å². The van der Waals surface area contributed by atoms with E-state index in [4.69, 9.17) is 4.74 Å². The van der Waals surface area contributed by atoms with Crippen LogP contribution in [0.1, 0.15) is 36.0 Å². The van der Waals surface area contributed by atoms with Crippen molar-refractivity contribution in [1.82, 2.24) is 14.9 Å². The highest BCUT2D eigenvalue weighted by atomic mass is 32.2. The van der Waals surface area contributed by atoms with Crippen LogP contribution >= 0.6 is 0 Å². The fourth-order valence-corrected chi connectivity index (χ4v) is 5.67. The average molecular weight is 550 g/mol. The Morgan fingerprint density at radius 1 is 0.923 bits per heavy atom. The van der Waals surface area contributed by atoms with Crippen LogP contribution in [0.2, 0.25) is 0 Å². The van der Waals surface area contributed by atoms with Crippen molar-refractivity contribution in [2.45, 2.75) is 55.6 Å². The lowest BCUT2D eigenvalue weighted by Crippen LogP contribution is -2.49. The molecule has 3 aromatic rings. The van der Waals surface area contributed by atoms with Crippen molar-refractivity contribution in [2.75, 3.05) is 14.2 Å². The Morgan fingerprint density at radius 3 is 2.15 bits per heavy atom. The van der Waals surface area contributed by atoms with E-state index >= 15 is 0 Å². The molecular weight excluding hydrogens is 514 g/mol. The SMILES string of the molecule is CNC(=O)C(Cc1ccccc1)N(Cc1ccc(OC)cc1)C(=O)CCc1ccc(S(=O)(=O)NC2CC2)cc1. The van der Waals surface area contributed by atoms with E-state index in [0.717, 1.165) is 29.5 Å². The number of benzene rings is 3. The molecule has 0 saturated heterocycles. The molecule has 1 aliphatic carbocycles. The van der Waals surface area contributed by atoms with Crippen LogP contribution in [0.3, 0.4) is 0 Å². The van der Waals surface area contributed by atoms with Crippen molar-refractivity contribution in [1.29, 1.82) is 0 Å². The zero-order valence-corrected chi connectivity index (χ0v) is 23.1. The molecule has 1 atom stereocenters. The van der Waals surface area contributed by atoms with Crippen molar-refractivity contribution in [3.63, 3.8) is 0 Å². The van der Waals surface area contributed by atoms with E-state index in [9.17, 15) is 18.0 Å². The Balaban J connectivity index is 1.51. The lowest BCUT2D eigenvalue weighted by molar-refractivity contribution is -0.141. The Morgan fingerprint density at radius 2 is 1.56 bits per heavy atom. The molecule has 0 heterocycles. The fraction of sp³-hybridized carbons (Fsp3) is 0.333. The standard InChI is InChI=1S/C30H35N3O5S/c1-31-30(35)28(20-23-6-4-3-5-7-23)33(21-24-8-15-26(38-2)16-9-24)29(34)19-12-22-10-17-27(18-11-22)39(36,37)32-25-13-14-25/h3-11,15-18,25,28,32H,12-14,19-21H2,1-2H3,(H,31,35). The summed E-state index contributed by atoms with van der Waals surface area (Å²) in [5.41, 5.74) is 2.68. The summed E-state index contributed by atoms with van der Waals surface area (Å²) in [6, 6.07) is 23.0. The van der Waals surface area contributed by atoms with Gasteiger partial charge in [-0.3, -0.25) is 9.59 Å². The highest BCUT2D eigenvalue weighted by molar-refractivity contribution is 7.89. The molecule has 0 aliphatic heterocycles. The van der Waals surface area contributed by atoms with Crippen LogP contribution < -0.4 is 14.8 Å². The molecule has 1 unspecified atom stereocenters. The Kier molecular flexibility index (Phi) is 9.37. The lowest BCUT2D eigenvalue weighted by atomic mass is 10.0. The van der Waals surface area contributed by atoms with E-state index in [2.05, 4.69) is 10.0 Å². The van der Waals surface area contributed by atoms with Crippen molar-refractivity contribution in [3.8, 4) is 5.75 Å². The zero-order chi connectivity index (χ0) is 27.8. The lowest BCUT2D eigenvalue weighted by Gasteiger charge is -2.31. The van der Waals surface area contributed by atoms with Gasteiger partial charge >= 0.3 is 0 Å². The summed E-state index contributed by atoms with van der Waals surface area (Å²) in [6.45, 7) is 0.262. The van der Waals surface area contributed by atoms with E-state index in [1.54, 1.807) is 43.3 Å². The first-order valence-electron chi connectivity index (χ1n) is 13.1. The van der Waals surface area contributed by atoms with Crippen LogP contribution in [0, 0.1) is 0 Å². The van der Waals surface area contributed by atoms with E-state index in [1.807, 2.05) is 54.6 Å². The summed E-state index contributed by atoms with van der Waals surface area (Å²) >= 11 is 0. The first kappa shape index (κ1) is 28.3. The number of nitrogens with zero attached hydrogens (tertiary/aromatic N) is 1. The van der Waals surface area contributed by atoms with Gasteiger partial charge in [-0.05, 0) is 60.2 Å². The van der Waals surface area contributed by atoms with E-state index in [-0.39, 0.29) is 35.7 Å². The molecular formula is C30H35N3O5S. The average Bonchev–Trinajstić information content (AvgIpc) is 3.77. The smallest absolute Gasteiger partial charge is 0.242 e. The van der Waals surface area contributed by atoms with Gasteiger partial charge in [0.05, 0.1) is 12.0 Å². The maximum atomic E-state index is 13.7. The monoisotopic (exact) mass is 549 g/mol. The third-order valence-corrected chi connectivity index (χ3v) is 8.33. The Labute approximate surface area is 230 Å². The van der Waals surface area contributed by atoms with E-state index in [1.165, 1.54) is 0 Å². The first-order valence-corrected chi connectivity index (χ1v) is 14.6. The molecule has 0 radical (unpaired) electrons. The molecule has 8 nitrogen and oxygen atoms in total. The number of ether oxygens (including phenoxy) is 1. The van der Waals surface area contributed by atoms with Crippen LogP contribution in [0.4, 0.5) is 0 Å². The molecule has 0 aromatic heterocycles. The predicted molar refractivity (Wildman–Crippen MR) is 150 cm³/mol. The van der Waals surface area contributed by atoms with Crippen LogP contribution in [0.5, 0.6) is 5.75 Å². The number of amides is 2. The number of nitrogens with one attached hydrogen (secondary N) is 2. The van der Waals surface area contributed by atoms with Gasteiger partial charge in [-0.15, -0.1) is 0 Å². The summed E-state index contributed by atoms with van der Waals surface area (Å²) in [7, 11) is -0.362. The second kappa shape index (κ2) is 12.9. The van der Waals surface area contributed by atoms with Gasteiger partial charge in [0.25, 0.3) is 0 Å². The minimum atomic E-state index is -3.53. The number of hydrogen-bond donors (Lipinski definition) is 2. The van der Waals surface area contributed by atoms with Gasteiger partial charge in [0.1, 0.15) is 11.8 Å². The minimum absolute atomic E-state index is 0.0353. The number of carbonyl (C=O) groups excluding carboxylic acids is 2. The van der Waals surface area contributed by atoms with Crippen LogP contribution in [0.25, 0.3) is 0 Å². The van der Waals surface area contributed by atoms with Crippen molar-refractivity contribution < 1.29 is 22.7 Å². The summed E-state index contributed by atoms with van der Waals surface area (Å²) < 4.78 is 32.9. The third kappa shape index (κ3) is 7.91. The number of likely N-dealkylation sites (N-methyl/N-ethyl adjacent to an activating group) is 1. The van der Waals surface area contributed by atoms with Crippen molar-refractivity contribution >= 4 is 21.8 Å². The van der Waals surface area contributed by atoms with Crippen molar-refractivity contribution in [2.24, 2.45) is 0 Å². The van der Waals surface area contributed by atoms with Crippen LogP contribution in [-0.2, 0) is 39.0 Å². The summed E-state index contributed by atoms with van der Waals surface area (Å²) in [6.07, 6.45) is 2.70. The van der Waals surface area contributed by atoms with Gasteiger partial charge in [-0.1, -0.05) is 54.6 Å². The number of rotatable bonds is 13. The van der Waals surface area contributed by atoms with E-state index in [0.29, 0.717) is 18.6 Å². The number of aryl methyl sites for hydroxylation is 1. The largest absolute Gasteiger partial charge is 0.497 e. The number of hydrogen-bond acceptors (Lipinski definition) is 5. The van der Waals surface area contributed by atoms with Crippen molar-refractivity contribution in [3.05, 3.63) is 95.6 Å². The summed E-state index contributed by atoms with van der Waals surface area (Å²) in [5.74, 6) is 0.308. The second-order valence-electron chi connectivity index (χ2n) is 9.73. The van der Waals surface area contributed by atoms with E-state index < -0.39 is 16.1 Å². The quantitative estimate of drug-likeness (QED) is 0.340. The highest BCUT2D eigenvalue weighted by Crippen LogP contribution is 2.23. The molecule has 1 aliphatic rings. The van der Waals surface area contributed by atoms with Gasteiger partial charge < -0.3 is 15.0 Å². The molecule has 3 aromatic carbocycles. The topological polar surface area (TPSA) is 105 Å². The Hall–Kier alpha value is -3.69. The minimum Gasteiger partial charge on any atom is -0.497 e. The maximum absolute atomic E-state index is 13.7. The number of sulfonamides is 1. The molecule has 1 saturated carbocycles. The molecule has 39 heavy (non-hydrogen) atoms. The molecule has 1 fully saturated rings. The second-order valence-corrected chi connectivity index (χ2v) is 11.4. The van der Waals surface area contributed by atoms with Crippen LogP contribution in [-0.4, -0.2) is 51.4 Å². The molecule has 2 N–H and O–H groups in total. The van der Waals surface area contributed by atoms with Crippen LogP contribution in [0.15, 0.2) is 83.8 Å². The molecule has 2 amide bonds. The predicted octanol–water partition coefficient (Wildman–Crippen LogP) is 3.45. The van der Waals surface area contributed by atoms with Gasteiger partial charge in [0, 0.05) is 32.5 Å². The zero-order valence-electron chi connectivity index (χ0n) is 22.3. The summed E-state index contributed by atoms with van der Waals surface area (Å²) in [5, 5.41) is 2.72. The maximum Gasteiger partial charge on any atom is 0.242 e. The summed E-state index contributed by atoms with van der Waals surface area (Å²) in [4.78, 5) is 28.6. The fourth-order valence-electron chi connectivity index (χ4n) is 4.37.